The van der Waals surface area contributed by atoms with Gasteiger partial charge in [-0.2, -0.15) is 9.65 Å². The number of carbonyl (C=O) groups is 1. The Bertz CT molecular complexity index is 1450. The molecule has 0 spiro atoms. The van der Waals surface area contributed by atoms with E-state index in [1.54, 1.807) is 12.1 Å². The molecule has 12 heteroatoms. The van der Waals surface area contributed by atoms with Gasteiger partial charge in [0.15, 0.2) is 0 Å². The van der Waals surface area contributed by atoms with Gasteiger partial charge in [0.1, 0.15) is 12.6 Å². The zero-order chi connectivity index (χ0) is 27.7. The number of benzene rings is 1. The topological polar surface area (TPSA) is 138 Å². The number of carboxylic acid groups (broad SMARTS) is 1. The lowest BCUT2D eigenvalue weighted by molar-refractivity contribution is -0.138. The second-order valence-corrected chi connectivity index (χ2v) is 10.0. The predicted molar refractivity (Wildman–Crippen MR) is 139 cm³/mol. The van der Waals surface area contributed by atoms with Gasteiger partial charge < -0.3 is 21.2 Å². The third kappa shape index (κ3) is 6.17. The number of rotatable bonds is 8. The van der Waals surface area contributed by atoms with Crippen molar-refractivity contribution in [2.24, 2.45) is 5.41 Å². The summed E-state index contributed by atoms with van der Waals surface area (Å²) in [4.78, 5) is 19.2. The highest BCUT2D eigenvalue weighted by molar-refractivity contribution is 6.35. The van der Waals surface area contributed by atoms with E-state index in [4.69, 9.17) is 16.7 Å². The Morgan fingerprint density at radius 3 is 2.78 bits per heavy atom. The first-order valence-corrected chi connectivity index (χ1v) is 11.7. The van der Waals surface area contributed by atoms with Crippen molar-refractivity contribution in [2.45, 2.75) is 26.8 Å². The van der Waals surface area contributed by atoms with Crippen molar-refractivity contribution in [1.29, 1.82) is 5.26 Å². The minimum atomic E-state index is -1.78. The maximum atomic E-state index is 13.6. The van der Waals surface area contributed by atoms with Crippen molar-refractivity contribution in [3.05, 3.63) is 70.7 Å². The lowest BCUT2D eigenvalue weighted by atomic mass is 9.96. The van der Waals surface area contributed by atoms with Crippen LogP contribution in [0.5, 0.6) is 0 Å². The van der Waals surface area contributed by atoms with Crippen molar-refractivity contribution in [2.75, 3.05) is 23.7 Å². The molecule has 192 valence electrons. The zero-order valence-electron chi connectivity index (χ0n) is 21.4. The average molecular weight is 526 g/mol. The molecule has 1 aliphatic rings. The largest absolute Gasteiger partial charge is 0.480 e. The number of hydrogen-bond acceptors (Lipinski definition) is 9. The second kappa shape index (κ2) is 10.5. The molecule has 4 rings (SSSR count). The molecule has 10 nitrogen and oxygen atoms in total. The monoisotopic (exact) mass is 525 g/mol. The average Bonchev–Trinajstić information content (AvgIpc) is 3.30. The molecule has 37 heavy (non-hydrogen) atoms. The molecule has 1 atom stereocenters. The highest BCUT2D eigenvalue weighted by atomic mass is 35.5. The maximum absolute atomic E-state index is 13.6. The predicted octanol–water partition coefficient (Wildman–Crippen LogP) is 4.16. The van der Waals surface area contributed by atoms with Crippen molar-refractivity contribution < 1.29 is 15.7 Å². The quantitative estimate of drug-likeness (QED) is 0.272. The number of nitrogens with zero attached hydrogens (tertiary/aromatic N) is 4. The standard InChI is InChI=1S/C25H26ClFN8O2/c1-25(2,3)13-31-22-15(8-28)10-30-24-17(22)6-16(7-18(24)26)32-23(14-4-5-20(27)29-9-14)19-11-35(34-33-19)12-21(36)37/h4-7,9-11,23,32-34H,12-13H2,1-3H3,(H,30,31)(H,36,37)/t23-/m1/s1/i23D. The Kier molecular flexibility index (Phi) is 6.94. The van der Waals surface area contributed by atoms with Crippen LogP contribution in [0.15, 0.2) is 48.6 Å². The number of fused-ring (bicyclic) bond motifs is 1. The SMILES string of the molecule is [2H][C@](Nc1cc(Cl)c2ncc(C#N)c(NCC(C)(C)C)c2c1)(C1=CN(CC(=O)O)NN1)c1ccc(F)nc1. The number of carboxylic acids is 1. The molecule has 0 aliphatic carbocycles. The minimum absolute atomic E-state index is 0.0800. The van der Waals surface area contributed by atoms with Crippen LogP contribution in [-0.2, 0) is 4.79 Å². The smallest absolute Gasteiger partial charge is 0.324 e. The van der Waals surface area contributed by atoms with Crippen LogP contribution in [-0.4, -0.2) is 39.1 Å². The van der Waals surface area contributed by atoms with Gasteiger partial charge in [-0.15, -0.1) is 5.53 Å². The molecule has 3 heterocycles. The molecule has 3 aromatic rings. The fraction of sp³-hybridized carbons (Fsp3) is 0.280. The van der Waals surface area contributed by atoms with Gasteiger partial charge in [-0.25, -0.2) is 4.98 Å². The lowest BCUT2D eigenvalue weighted by Crippen LogP contribution is -2.40. The molecule has 0 fully saturated rings. The summed E-state index contributed by atoms with van der Waals surface area (Å²) >= 11 is 6.60. The maximum Gasteiger partial charge on any atom is 0.324 e. The third-order valence-corrected chi connectivity index (χ3v) is 5.61. The van der Waals surface area contributed by atoms with E-state index < -0.39 is 17.9 Å². The number of halogens is 2. The summed E-state index contributed by atoms with van der Waals surface area (Å²) in [5.74, 6) is -1.80. The van der Waals surface area contributed by atoms with Crippen LogP contribution in [0.25, 0.3) is 10.9 Å². The number of hydrogen-bond donors (Lipinski definition) is 5. The second-order valence-electron chi connectivity index (χ2n) is 9.60. The van der Waals surface area contributed by atoms with E-state index in [-0.39, 0.29) is 28.2 Å². The van der Waals surface area contributed by atoms with E-state index in [0.29, 0.717) is 34.4 Å². The molecular weight excluding hydrogens is 499 g/mol. The summed E-state index contributed by atoms with van der Waals surface area (Å²) in [6.45, 7) is 6.38. The van der Waals surface area contributed by atoms with Gasteiger partial charge in [-0.05, 0) is 29.2 Å². The molecule has 0 bridgehead atoms. The summed E-state index contributed by atoms with van der Waals surface area (Å²) in [6, 6.07) is 6.22. The molecule has 0 amide bonds. The molecule has 0 radical (unpaired) electrons. The number of hydrazine groups is 2. The Balaban J connectivity index is 1.82. The van der Waals surface area contributed by atoms with E-state index in [1.165, 1.54) is 29.7 Å². The van der Waals surface area contributed by atoms with Crippen LogP contribution in [0.3, 0.4) is 0 Å². The summed E-state index contributed by atoms with van der Waals surface area (Å²) in [6.07, 6.45) is 4.10. The molecule has 0 unspecified atom stereocenters. The first-order valence-electron chi connectivity index (χ1n) is 11.8. The van der Waals surface area contributed by atoms with Gasteiger partial charge in [0, 0.05) is 36.2 Å². The van der Waals surface area contributed by atoms with Gasteiger partial charge in [-0.3, -0.25) is 14.8 Å². The number of nitriles is 1. The van der Waals surface area contributed by atoms with E-state index in [1.807, 2.05) is 0 Å². The third-order valence-electron chi connectivity index (χ3n) is 5.32. The highest BCUT2D eigenvalue weighted by Gasteiger charge is 2.24. The van der Waals surface area contributed by atoms with Crippen LogP contribution in [0, 0.1) is 22.7 Å². The normalized spacial score (nSPS) is 15.3. The summed E-state index contributed by atoms with van der Waals surface area (Å²) in [7, 11) is 0. The number of aromatic nitrogens is 2. The minimum Gasteiger partial charge on any atom is -0.480 e. The molecule has 1 aliphatic heterocycles. The van der Waals surface area contributed by atoms with E-state index >= 15 is 0 Å². The summed E-state index contributed by atoms with van der Waals surface area (Å²) in [5, 5.41) is 27.4. The lowest BCUT2D eigenvalue weighted by Gasteiger charge is -2.23. The van der Waals surface area contributed by atoms with Gasteiger partial charge in [0.05, 0.1) is 34.9 Å². The number of nitrogens with one attached hydrogen (secondary N) is 4. The zero-order valence-corrected chi connectivity index (χ0v) is 21.1. The van der Waals surface area contributed by atoms with Crippen molar-refractivity contribution >= 4 is 39.8 Å². The van der Waals surface area contributed by atoms with Crippen molar-refractivity contribution in [1.82, 2.24) is 25.9 Å². The fourth-order valence-electron chi connectivity index (χ4n) is 3.63. The Hall–Kier alpha value is -4.14. The Labute approximate surface area is 219 Å². The summed E-state index contributed by atoms with van der Waals surface area (Å²) < 4.78 is 23.0. The summed E-state index contributed by atoms with van der Waals surface area (Å²) in [5.41, 5.74) is 7.66. The van der Waals surface area contributed by atoms with E-state index in [9.17, 15) is 15.8 Å². The van der Waals surface area contributed by atoms with Crippen LogP contribution in [0.1, 0.15) is 39.3 Å². The first-order chi connectivity index (χ1) is 17.9. The molecule has 2 aromatic heterocycles. The fourth-order valence-corrected chi connectivity index (χ4v) is 3.90. The van der Waals surface area contributed by atoms with Gasteiger partial charge >= 0.3 is 5.97 Å². The highest BCUT2D eigenvalue weighted by Crippen LogP contribution is 2.36. The molecule has 0 saturated carbocycles. The molecular formula is C25H26ClFN8O2. The van der Waals surface area contributed by atoms with Crippen LogP contribution >= 0.6 is 11.6 Å². The Morgan fingerprint density at radius 1 is 1.35 bits per heavy atom. The van der Waals surface area contributed by atoms with Gasteiger partial charge in [0.25, 0.3) is 0 Å². The number of anilines is 2. The van der Waals surface area contributed by atoms with Crippen LogP contribution < -0.4 is 21.6 Å². The van der Waals surface area contributed by atoms with Crippen LogP contribution in [0.4, 0.5) is 15.8 Å². The van der Waals surface area contributed by atoms with Crippen molar-refractivity contribution in [3.8, 4) is 6.07 Å². The van der Waals surface area contributed by atoms with E-state index in [0.717, 1.165) is 6.07 Å². The first kappa shape index (κ1) is 24.5. The van der Waals surface area contributed by atoms with Gasteiger partial charge in [-0.1, -0.05) is 38.4 Å². The van der Waals surface area contributed by atoms with E-state index in [2.05, 4.69) is 58.4 Å². The molecule has 0 saturated heterocycles. The molecule has 1 aromatic carbocycles. The van der Waals surface area contributed by atoms with Gasteiger partial charge in [0.2, 0.25) is 5.95 Å². The number of pyridine rings is 2. The number of aliphatic carboxylic acids is 1. The van der Waals surface area contributed by atoms with Crippen LogP contribution in [0.2, 0.25) is 5.02 Å². The Morgan fingerprint density at radius 2 is 2.14 bits per heavy atom. The van der Waals surface area contributed by atoms with Crippen molar-refractivity contribution in [3.63, 3.8) is 0 Å². The molecule has 5 N–H and O–H groups in total.